The summed E-state index contributed by atoms with van der Waals surface area (Å²) in [6, 6.07) is 13.6. The Morgan fingerprint density at radius 3 is 2.46 bits per heavy atom. The van der Waals surface area contributed by atoms with E-state index in [0.717, 1.165) is 5.56 Å². The lowest BCUT2D eigenvalue weighted by Crippen LogP contribution is -2.32. The fourth-order valence-corrected chi connectivity index (χ4v) is 3.75. The molecule has 1 atom stereocenters. The highest BCUT2D eigenvalue weighted by Crippen LogP contribution is 2.27. The molecule has 0 aliphatic carbocycles. The molecule has 2 rings (SSSR count). The van der Waals surface area contributed by atoms with Crippen molar-refractivity contribution in [1.29, 1.82) is 0 Å². The molecule has 0 spiro atoms. The molecule has 0 bridgehead atoms. The van der Waals surface area contributed by atoms with Gasteiger partial charge in [-0.1, -0.05) is 30.3 Å². The highest BCUT2D eigenvalue weighted by molar-refractivity contribution is 9.10. The third-order valence-electron chi connectivity index (χ3n) is 3.23. The zero-order valence-corrected chi connectivity index (χ0v) is 16.3. The van der Waals surface area contributed by atoms with E-state index < -0.39 is 16.1 Å². The van der Waals surface area contributed by atoms with Crippen LogP contribution in [0.1, 0.15) is 18.5 Å². The minimum Gasteiger partial charge on any atom is -0.493 e. The minimum atomic E-state index is -3.63. The van der Waals surface area contributed by atoms with Crippen molar-refractivity contribution in [2.24, 2.45) is 5.73 Å². The van der Waals surface area contributed by atoms with Gasteiger partial charge in [0.15, 0.2) is 0 Å². The molecule has 0 aromatic heterocycles. The van der Waals surface area contributed by atoms with E-state index in [9.17, 15) is 8.42 Å². The molecule has 0 saturated heterocycles. The average molecular weight is 436 g/mol. The smallest absolute Gasteiger partial charge is 0.240 e. The monoisotopic (exact) mass is 434 g/mol. The van der Waals surface area contributed by atoms with Crippen LogP contribution in [0.25, 0.3) is 0 Å². The first kappa shape index (κ1) is 20.9. The maximum atomic E-state index is 12.4. The van der Waals surface area contributed by atoms with Crippen LogP contribution in [-0.2, 0) is 10.0 Å². The summed E-state index contributed by atoms with van der Waals surface area (Å²) in [5, 5.41) is 0. The van der Waals surface area contributed by atoms with Crippen LogP contribution in [-0.4, -0.2) is 21.6 Å². The van der Waals surface area contributed by atoms with Gasteiger partial charge in [0.1, 0.15) is 5.75 Å². The van der Waals surface area contributed by atoms with Gasteiger partial charge in [0.25, 0.3) is 0 Å². The lowest BCUT2D eigenvalue weighted by Gasteiger charge is -2.14. The molecule has 2 aromatic carbocycles. The molecule has 0 aliphatic heterocycles. The molecule has 0 aliphatic rings. The largest absolute Gasteiger partial charge is 0.493 e. The number of sulfonamides is 1. The van der Waals surface area contributed by atoms with Gasteiger partial charge >= 0.3 is 0 Å². The van der Waals surface area contributed by atoms with Crippen molar-refractivity contribution in [3.8, 4) is 5.75 Å². The van der Waals surface area contributed by atoms with Crippen molar-refractivity contribution in [2.45, 2.75) is 17.9 Å². The topological polar surface area (TPSA) is 81.4 Å². The second-order valence-corrected chi connectivity index (χ2v) is 7.52. The maximum absolute atomic E-state index is 12.4. The lowest BCUT2D eigenvalue weighted by molar-refractivity contribution is 0.338. The van der Waals surface area contributed by atoms with Crippen LogP contribution in [0.3, 0.4) is 0 Å². The van der Waals surface area contributed by atoms with Gasteiger partial charge in [0.2, 0.25) is 10.0 Å². The lowest BCUT2D eigenvalue weighted by atomic mass is 10.1. The third-order valence-corrected chi connectivity index (χ3v) is 5.28. The van der Waals surface area contributed by atoms with Crippen molar-refractivity contribution in [3.05, 3.63) is 58.6 Å². The number of ether oxygens (including phenoxy) is 1. The summed E-state index contributed by atoms with van der Waals surface area (Å²) in [4.78, 5) is 0.160. The molecule has 2 aromatic rings. The molecule has 0 heterocycles. The fraction of sp³-hybridized carbons (Fsp3) is 0.250. The van der Waals surface area contributed by atoms with Crippen LogP contribution in [0.2, 0.25) is 0 Å². The fourth-order valence-electron chi connectivity index (χ4n) is 2.02. The van der Waals surface area contributed by atoms with E-state index in [1.165, 1.54) is 12.1 Å². The van der Waals surface area contributed by atoms with E-state index in [1.54, 1.807) is 6.07 Å². The molecule has 24 heavy (non-hydrogen) atoms. The molecule has 1 unspecified atom stereocenters. The Morgan fingerprint density at radius 2 is 1.88 bits per heavy atom. The molecule has 0 radical (unpaired) electrons. The van der Waals surface area contributed by atoms with Crippen molar-refractivity contribution in [1.82, 2.24) is 4.72 Å². The van der Waals surface area contributed by atoms with E-state index in [1.807, 2.05) is 37.3 Å². The normalized spacial score (nSPS) is 12.3. The average Bonchev–Trinajstić information content (AvgIpc) is 2.55. The van der Waals surface area contributed by atoms with Gasteiger partial charge in [-0.05, 0) is 46.6 Å². The summed E-state index contributed by atoms with van der Waals surface area (Å²) >= 11 is 3.32. The number of benzene rings is 2. The van der Waals surface area contributed by atoms with Gasteiger partial charge in [-0.3, -0.25) is 0 Å². The number of rotatable bonds is 7. The quantitative estimate of drug-likeness (QED) is 0.699. The van der Waals surface area contributed by atoms with Gasteiger partial charge in [0, 0.05) is 12.6 Å². The Labute approximate surface area is 157 Å². The molecular weight excluding hydrogens is 416 g/mol. The Morgan fingerprint density at radius 1 is 1.21 bits per heavy atom. The SMILES string of the molecule is CCOc1ccc(S(=O)(=O)NCC(N)c2ccccc2)cc1Br.Cl. The molecular formula is C16H20BrClN2O3S. The van der Waals surface area contributed by atoms with E-state index in [-0.39, 0.29) is 23.8 Å². The van der Waals surface area contributed by atoms with Crippen molar-refractivity contribution >= 4 is 38.4 Å². The van der Waals surface area contributed by atoms with Gasteiger partial charge in [-0.2, -0.15) is 0 Å². The summed E-state index contributed by atoms with van der Waals surface area (Å²) in [7, 11) is -3.63. The second kappa shape index (κ2) is 9.39. The van der Waals surface area contributed by atoms with E-state index in [0.29, 0.717) is 16.8 Å². The highest BCUT2D eigenvalue weighted by atomic mass is 79.9. The van der Waals surface area contributed by atoms with Crippen LogP contribution in [0.5, 0.6) is 5.75 Å². The summed E-state index contributed by atoms with van der Waals surface area (Å²) < 4.78 is 33.2. The highest BCUT2D eigenvalue weighted by Gasteiger charge is 2.17. The van der Waals surface area contributed by atoms with Gasteiger partial charge in [-0.25, -0.2) is 13.1 Å². The predicted molar refractivity (Wildman–Crippen MR) is 101 cm³/mol. The Balaban J connectivity index is 0.00000288. The zero-order valence-electron chi connectivity index (χ0n) is 13.1. The number of nitrogens with two attached hydrogens (primary N) is 1. The number of hydrogen-bond donors (Lipinski definition) is 2. The summed E-state index contributed by atoms with van der Waals surface area (Å²) in [5.41, 5.74) is 6.90. The minimum absolute atomic E-state index is 0. The van der Waals surface area contributed by atoms with Crippen LogP contribution in [0, 0.1) is 0 Å². The molecule has 0 fully saturated rings. The summed E-state index contributed by atoms with van der Waals surface area (Å²) in [5.74, 6) is 0.604. The zero-order chi connectivity index (χ0) is 16.9. The van der Waals surface area contributed by atoms with Crippen LogP contribution in [0.15, 0.2) is 57.9 Å². The van der Waals surface area contributed by atoms with E-state index >= 15 is 0 Å². The van der Waals surface area contributed by atoms with Crippen LogP contribution in [0.4, 0.5) is 0 Å². The third kappa shape index (κ3) is 5.46. The van der Waals surface area contributed by atoms with Gasteiger partial charge < -0.3 is 10.5 Å². The summed E-state index contributed by atoms with van der Waals surface area (Å²) in [6.45, 7) is 2.50. The van der Waals surface area contributed by atoms with Crippen molar-refractivity contribution in [2.75, 3.05) is 13.2 Å². The van der Waals surface area contributed by atoms with Crippen LogP contribution >= 0.6 is 28.3 Å². The standard InChI is InChI=1S/C16H19BrN2O3S.ClH/c1-2-22-16-9-8-13(10-14(16)17)23(20,21)19-11-15(18)12-6-4-3-5-7-12;/h3-10,15,19H,2,11,18H2,1H3;1H. The Hall–Kier alpha value is -1.12. The van der Waals surface area contributed by atoms with E-state index in [4.69, 9.17) is 10.5 Å². The maximum Gasteiger partial charge on any atom is 0.240 e. The first-order chi connectivity index (χ1) is 10.9. The number of hydrogen-bond acceptors (Lipinski definition) is 4. The Bertz CT molecular complexity index is 757. The molecule has 8 heteroatoms. The molecule has 0 amide bonds. The first-order valence-electron chi connectivity index (χ1n) is 7.16. The summed E-state index contributed by atoms with van der Waals surface area (Å²) in [6.07, 6.45) is 0. The molecule has 5 nitrogen and oxygen atoms in total. The van der Waals surface area contributed by atoms with Crippen molar-refractivity contribution < 1.29 is 13.2 Å². The van der Waals surface area contributed by atoms with Crippen molar-refractivity contribution in [3.63, 3.8) is 0 Å². The number of nitrogens with one attached hydrogen (secondary N) is 1. The second-order valence-electron chi connectivity index (χ2n) is 4.89. The van der Waals surface area contributed by atoms with Gasteiger partial charge in [-0.15, -0.1) is 12.4 Å². The molecule has 0 saturated carbocycles. The predicted octanol–water partition coefficient (Wildman–Crippen LogP) is 3.25. The van der Waals surface area contributed by atoms with Gasteiger partial charge in [0.05, 0.1) is 16.0 Å². The van der Waals surface area contributed by atoms with E-state index in [2.05, 4.69) is 20.7 Å². The Kier molecular flexibility index (Phi) is 8.18. The molecule has 3 N–H and O–H groups in total. The number of halogens is 2. The first-order valence-corrected chi connectivity index (χ1v) is 9.44. The van der Waals surface area contributed by atoms with Crippen LogP contribution < -0.4 is 15.2 Å². The molecule has 132 valence electrons.